The Morgan fingerprint density at radius 1 is 1.25 bits per heavy atom. The van der Waals surface area contributed by atoms with Crippen LogP contribution in [0.4, 0.5) is 0 Å². The molecule has 0 saturated carbocycles. The van der Waals surface area contributed by atoms with Crippen LogP contribution < -0.4 is 10.0 Å². The van der Waals surface area contributed by atoms with Crippen LogP contribution in [0.3, 0.4) is 0 Å². The molecule has 0 amide bonds. The van der Waals surface area contributed by atoms with E-state index in [2.05, 4.69) is 28.8 Å². The minimum Gasteiger partial charge on any atom is -0.314 e. The summed E-state index contributed by atoms with van der Waals surface area (Å²) < 4.78 is 28.7. The van der Waals surface area contributed by atoms with Gasteiger partial charge >= 0.3 is 0 Å². The summed E-state index contributed by atoms with van der Waals surface area (Å²) in [5, 5.41) is 3.16. The largest absolute Gasteiger partial charge is 0.314 e. The van der Waals surface area contributed by atoms with Gasteiger partial charge in [-0.25, -0.2) is 0 Å². The van der Waals surface area contributed by atoms with Gasteiger partial charge in [-0.1, -0.05) is 13.8 Å². The summed E-state index contributed by atoms with van der Waals surface area (Å²) in [5.74, 6) is 0. The van der Waals surface area contributed by atoms with Crippen LogP contribution in [0.1, 0.15) is 33.6 Å². The van der Waals surface area contributed by atoms with Crippen molar-refractivity contribution in [3.63, 3.8) is 0 Å². The van der Waals surface area contributed by atoms with Gasteiger partial charge < -0.3 is 10.2 Å². The summed E-state index contributed by atoms with van der Waals surface area (Å²) in [7, 11) is -3.31. The molecule has 20 heavy (non-hydrogen) atoms. The first-order chi connectivity index (χ1) is 9.49. The zero-order valence-electron chi connectivity index (χ0n) is 13.1. The standard InChI is InChI=1S/C13H30N4O2S/c1-4-16(5-2)10-6-7-13(3)15-20(18,19)17-11-8-14-9-12-17/h13-15H,4-12H2,1-3H3. The molecule has 0 bridgehead atoms. The Hall–Kier alpha value is -0.210. The highest BCUT2D eigenvalue weighted by molar-refractivity contribution is 7.87. The molecule has 1 fully saturated rings. The third-order valence-corrected chi connectivity index (χ3v) is 5.52. The maximum Gasteiger partial charge on any atom is 0.279 e. The normalized spacial score (nSPS) is 19.4. The van der Waals surface area contributed by atoms with Crippen molar-refractivity contribution in [2.24, 2.45) is 0 Å². The van der Waals surface area contributed by atoms with Crippen LogP contribution in [-0.2, 0) is 10.2 Å². The van der Waals surface area contributed by atoms with Gasteiger partial charge in [-0.3, -0.25) is 0 Å². The fraction of sp³-hybridized carbons (Fsp3) is 1.00. The van der Waals surface area contributed by atoms with Gasteiger partial charge in [0, 0.05) is 32.2 Å². The highest BCUT2D eigenvalue weighted by atomic mass is 32.2. The molecule has 2 N–H and O–H groups in total. The second-order valence-corrected chi connectivity index (χ2v) is 7.04. The SMILES string of the molecule is CCN(CC)CCCC(C)NS(=O)(=O)N1CCNCC1. The zero-order chi connectivity index (χ0) is 15.0. The van der Waals surface area contributed by atoms with E-state index in [-0.39, 0.29) is 6.04 Å². The minimum atomic E-state index is -3.31. The van der Waals surface area contributed by atoms with Crippen molar-refractivity contribution in [1.29, 1.82) is 0 Å². The molecular weight excluding hydrogens is 276 g/mol. The highest BCUT2D eigenvalue weighted by Gasteiger charge is 2.24. The van der Waals surface area contributed by atoms with E-state index in [1.165, 1.54) is 4.31 Å². The topological polar surface area (TPSA) is 64.7 Å². The Bertz CT molecular complexity index is 351. The van der Waals surface area contributed by atoms with Crippen molar-refractivity contribution in [1.82, 2.24) is 19.2 Å². The fourth-order valence-corrected chi connectivity index (χ4v) is 3.87. The molecule has 1 unspecified atom stereocenters. The highest BCUT2D eigenvalue weighted by Crippen LogP contribution is 2.05. The van der Waals surface area contributed by atoms with Crippen LogP contribution in [0.2, 0.25) is 0 Å². The van der Waals surface area contributed by atoms with Crippen LogP contribution in [0.25, 0.3) is 0 Å². The van der Waals surface area contributed by atoms with E-state index in [4.69, 9.17) is 0 Å². The van der Waals surface area contributed by atoms with E-state index in [9.17, 15) is 8.42 Å². The first-order valence-corrected chi connectivity index (χ1v) is 9.14. The number of nitrogens with zero attached hydrogens (tertiary/aromatic N) is 2. The monoisotopic (exact) mass is 306 g/mol. The Balaban J connectivity index is 2.31. The maximum atomic E-state index is 12.2. The lowest BCUT2D eigenvalue weighted by atomic mass is 10.2. The van der Waals surface area contributed by atoms with E-state index >= 15 is 0 Å². The molecule has 1 saturated heterocycles. The lowest BCUT2D eigenvalue weighted by Gasteiger charge is -2.28. The van der Waals surface area contributed by atoms with Crippen LogP contribution in [0.15, 0.2) is 0 Å². The molecule has 0 radical (unpaired) electrons. The average Bonchev–Trinajstić information content (AvgIpc) is 2.44. The fourth-order valence-electron chi connectivity index (χ4n) is 2.43. The molecule has 6 nitrogen and oxygen atoms in total. The molecule has 0 spiro atoms. The second kappa shape index (κ2) is 8.94. The summed E-state index contributed by atoms with van der Waals surface area (Å²) >= 11 is 0. The Morgan fingerprint density at radius 3 is 2.40 bits per heavy atom. The zero-order valence-corrected chi connectivity index (χ0v) is 13.9. The summed E-state index contributed by atoms with van der Waals surface area (Å²) in [5.41, 5.74) is 0. The minimum absolute atomic E-state index is 0.00884. The molecule has 1 atom stereocenters. The molecule has 120 valence electrons. The van der Waals surface area contributed by atoms with Gasteiger partial charge in [0.15, 0.2) is 0 Å². The molecule has 0 aromatic carbocycles. The molecule has 1 heterocycles. The maximum absolute atomic E-state index is 12.2. The van der Waals surface area contributed by atoms with Crippen molar-refractivity contribution >= 4 is 10.2 Å². The van der Waals surface area contributed by atoms with E-state index in [1.807, 2.05) is 6.92 Å². The Labute approximate surface area is 124 Å². The number of piperazine rings is 1. The summed E-state index contributed by atoms with van der Waals surface area (Å²) in [6.45, 7) is 12.0. The van der Waals surface area contributed by atoms with Gasteiger partial charge in [-0.15, -0.1) is 0 Å². The molecule has 1 rings (SSSR count). The van der Waals surface area contributed by atoms with Gasteiger partial charge in [0.05, 0.1) is 0 Å². The molecule has 0 aromatic heterocycles. The van der Waals surface area contributed by atoms with Gasteiger partial charge in [-0.2, -0.15) is 17.4 Å². The first-order valence-electron chi connectivity index (χ1n) is 7.70. The quantitative estimate of drug-likeness (QED) is 0.640. The van der Waals surface area contributed by atoms with Crippen molar-refractivity contribution < 1.29 is 8.42 Å². The molecular formula is C13H30N4O2S. The van der Waals surface area contributed by atoms with Crippen molar-refractivity contribution in [3.8, 4) is 0 Å². The number of hydrogen-bond acceptors (Lipinski definition) is 4. The van der Waals surface area contributed by atoms with Crippen molar-refractivity contribution in [2.45, 2.75) is 39.7 Å². The lowest BCUT2D eigenvalue weighted by molar-refractivity contribution is 0.292. The predicted molar refractivity (Wildman–Crippen MR) is 83.0 cm³/mol. The lowest BCUT2D eigenvalue weighted by Crippen LogP contribution is -2.52. The third kappa shape index (κ3) is 6.05. The molecule has 1 aliphatic heterocycles. The average molecular weight is 306 g/mol. The van der Waals surface area contributed by atoms with Crippen molar-refractivity contribution in [2.75, 3.05) is 45.8 Å². The molecule has 7 heteroatoms. The number of hydrogen-bond donors (Lipinski definition) is 2. The number of rotatable bonds is 9. The third-order valence-electron chi connectivity index (χ3n) is 3.77. The Morgan fingerprint density at radius 2 is 1.85 bits per heavy atom. The summed E-state index contributed by atoms with van der Waals surface area (Å²) in [6.07, 6.45) is 1.90. The molecule has 1 aliphatic rings. The summed E-state index contributed by atoms with van der Waals surface area (Å²) in [4.78, 5) is 2.36. The van der Waals surface area contributed by atoms with Gasteiger partial charge in [-0.05, 0) is 39.4 Å². The van der Waals surface area contributed by atoms with Crippen LogP contribution in [-0.4, -0.2) is 69.5 Å². The van der Waals surface area contributed by atoms with Crippen molar-refractivity contribution in [3.05, 3.63) is 0 Å². The van der Waals surface area contributed by atoms with E-state index in [0.717, 1.165) is 45.6 Å². The van der Waals surface area contributed by atoms with Crippen LogP contribution in [0.5, 0.6) is 0 Å². The predicted octanol–water partition coefficient (Wildman–Crippen LogP) is 0.237. The van der Waals surface area contributed by atoms with E-state index in [0.29, 0.717) is 13.1 Å². The number of nitrogens with one attached hydrogen (secondary N) is 2. The Kier molecular flexibility index (Phi) is 7.98. The van der Waals surface area contributed by atoms with E-state index < -0.39 is 10.2 Å². The van der Waals surface area contributed by atoms with Gasteiger partial charge in [0.2, 0.25) is 0 Å². The molecule has 0 aliphatic carbocycles. The van der Waals surface area contributed by atoms with Crippen LogP contribution in [0, 0.1) is 0 Å². The van der Waals surface area contributed by atoms with E-state index in [1.54, 1.807) is 0 Å². The second-order valence-electron chi connectivity index (χ2n) is 5.34. The molecule has 0 aromatic rings. The van der Waals surface area contributed by atoms with Crippen LogP contribution >= 0.6 is 0 Å². The van der Waals surface area contributed by atoms with Gasteiger partial charge in [0.1, 0.15) is 0 Å². The van der Waals surface area contributed by atoms with Gasteiger partial charge in [0.25, 0.3) is 10.2 Å². The summed E-state index contributed by atoms with van der Waals surface area (Å²) in [6, 6.07) is -0.00884. The first kappa shape index (κ1) is 17.8. The smallest absolute Gasteiger partial charge is 0.279 e.